The Morgan fingerprint density at radius 1 is 1.23 bits per heavy atom. The summed E-state index contributed by atoms with van der Waals surface area (Å²) < 4.78 is 4.89. The molecular formula is C16H18N2O4. The first-order valence-corrected chi connectivity index (χ1v) is 6.88. The second-order valence-corrected chi connectivity index (χ2v) is 5.29. The first kappa shape index (κ1) is 15.8. The molecule has 0 aliphatic carbocycles. The van der Waals surface area contributed by atoms with Gasteiger partial charge in [0.15, 0.2) is 6.04 Å². The third-order valence-electron chi connectivity index (χ3n) is 3.44. The van der Waals surface area contributed by atoms with Crippen molar-refractivity contribution in [3.8, 4) is 0 Å². The van der Waals surface area contributed by atoms with Crippen molar-refractivity contribution in [1.82, 2.24) is 10.5 Å². The number of hydrogen-bond donors (Lipinski definition) is 2. The highest BCUT2D eigenvalue weighted by atomic mass is 16.5. The summed E-state index contributed by atoms with van der Waals surface area (Å²) in [4.78, 5) is 23.4. The van der Waals surface area contributed by atoms with Gasteiger partial charge in [0.2, 0.25) is 5.91 Å². The van der Waals surface area contributed by atoms with Crippen molar-refractivity contribution in [2.75, 3.05) is 0 Å². The van der Waals surface area contributed by atoms with Gasteiger partial charge < -0.3 is 14.9 Å². The zero-order valence-electron chi connectivity index (χ0n) is 12.7. The number of carboxylic acid groups (broad SMARTS) is 1. The maximum absolute atomic E-state index is 12.0. The summed E-state index contributed by atoms with van der Waals surface area (Å²) in [5.41, 5.74) is 3.06. The highest BCUT2D eigenvalue weighted by Gasteiger charge is 2.23. The van der Waals surface area contributed by atoms with Crippen LogP contribution in [0.3, 0.4) is 0 Å². The van der Waals surface area contributed by atoms with E-state index in [1.807, 2.05) is 19.9 Å². The van der Waals surface area contributed by atoms with E-state index in [4.69, 9.17) is 4.52 Å². The Hall–Kier alpha value is -2.63. The molecule has 0 saturated heterocycles. The Kier molecular flexibility index (Phi) is 4.60. The van der Waals surface area contributed by atoms with Gasteiger partial charge in [0.25, 0.3) is 0 Å². The molecule has 1 unspecified atom stereocenters. The Bertz CT molecular complexity index is 706. The summed E-state index contributed by atoms with van der Waals surface area (Å²) in [6.07, 6.45) is -0.0219. The molecule has 1 heterocycles. The lowest BCUT2D eigenvalue weighted by Gasteiger charge is -2.15. The van der Waals surface area contributed by atoms with E-state index in [0.29, 0.717) is 17.0 Å². The van der Waals surface area contributed by atoms with E-state index < -0.39 is 17.9 Å². The summed E-state index contributed by atoms with van der Waals surface area (Å²) in [6.45, 7) is 5.57. The fourth-order valence-electron chi connectivity index (χ4n) is 2.11. The van der Waals surface area contributed by atoms with Crippen LogP contribution in [-0.4, -0.2) is 22.1 Å². The molecule has 0 radical (unpaired) electrons. The maximum Gasteiger partial charge on any atom is 0.330 e. The van der Waals surface area contributed by atoms with Crippen LogP contribution in [0.4, 0.5) is 0 Å². The van der Waals surface area contributed by atoms with Crippen LogP contribution in [0.25, 0.3) is 0 Å². The summed E-state index contributed by atoms with van der Waals surface area (Å²) in [5.74, 6) is -0.918. The molecule has 2 N–H and O–H groups in total. The van der Waals surface area contributed by atoms with Crippen LogP contribution in [0.5, 0.6) is 0 Å². The molecule has 2 aromatic rings. The predicted molar refractivity (Wildman–Crippen MR) is 79.4 cm³/mol. The minimum Gasteiger partial charge on any atom is -0.479 e. The minimum absolute atomic E-state index is 0.0219. The van der Waals surface area contributed by atoms with E-state index in [0.717, 1.165) is 11.1 Å². The minimum atomic E-state index is -1.10. The molecule has 1 aromatic carbocycles. The number of benzene rings is 1. The van der Waals surface area contributed by atoms with Gasteiger partial charge in [-0.05, 0) is 37.5 Å². The highest BCUT2D eigenvalue weighted by molar-refractivity contribution is 5.85. The Labute approximate surface area is 128 Å². The molecule has 0 spiro atoms. The first-order valence-electron chi connectivity index (χ1n) is 6.88. The molecule has 0 fully saturated rings. The van der Waals surface area contributed by atoms with Gasteiger partial charge in [-0.1, -0.05) is 23.4 Å². The van der Waals surface area contributed by atoms with Crippen molar-refractivity contribution in [2.24, 2.45) is 0 Å². The highest BCUT2D eigenvalue weighted by Crippen LogP contribution is 2.18. The lowest BCUT2D eigenvalue weighted by molar-refractivity contribution is -0.142. The quantitative estimate of drug-likeness (QED) is 0.882. The summed E-state index contributed by atoms with van der Waals surface area (Å²) in [7, 11) is 0. The summed E-state index contributed by atoms with van der Waals surface area (Å²) >= 11 is 0. The van der Waals surface area contributed by atoms with Gasteiger partial charge in [0.05, 0.1) is 12.1 Å². The average molecular weight is 302 g/mol. The smallest absolute Gasteiger partial charge is 0.330 e. The number of hydrogen-bond acceptors (Lipinski definition) is 4. The number of carbonyl (C=O) groups is 2. The summed E-state index contributed by atoms with van der Waals surface area (Å²) in [6, 6.07) is 5.88. The number of aromatic nitrogens is 1. The van der Waals surface area contributed by atoms with E-state index in [1.165, 1.54) is 0 Å². The van der Waals surface area contributed by atoms with Crippen LogP contribution in [-0.2, 0) is 16.0 Å². The van der Waals surface area contributed by atoms with Crippen molar-refractivity contribution < 1.29 is 19.2 Å². The van der Waals surface area contributed by atoms with Crippen molar-refractivity contribution >= 4 is 11.9 Å². The van der Waals surface area contributed by atoms with Gasteiger partial charge in [0.1, 0.15) is 5.76 Å². The zero-order valence-corrected chi connectivity index (χ0v) is 12.7. The predicted octanol–water partition coefficient (Wildman–Crippen LogP) is 2.08. The topological polar surface area (TPSA) is 92.4 Å². The van der Waals surface area contributed by atoms with Crippen molar-refractivity contribution in [3.63, 3.8) is 0 Å². The number of rotatable bonds is 5. The molecule has 22 heavy (non-hydrogen) atoms. The van der Waals surface area contributed by atoms with Gasteiger partial charge in [-0.2, -0.15) is 0 Å². The number of aryl methyl sites for hydroxylation is 3. The van der Waals surface area contributed by atoms with E-state index in [1.54, 1.807) is 25.1 Å². The number of aliphatic carboxylic acids is 1. The van der Waals surface area contributed by atoms with Gasteiger partial charge >= 0.3 is 5.97 Å². The zero-order chi connectivity index (χ0) is 16.3. The molecular weight excluding hydrogens is 284 g/mol. The lowest BCUT2D eigenvalue weighted by Crippen LogP contribution is -2.34. The lowest BCUT2D eigenvalue weighted by atomic mass is 10.0. The average Bonchev–Trinajstić information content (AvgIpc) is 2.84. The van der Waals surface area contributed by atoms with Crippen LogP contribution in [0.15, 0.2) is 28.8 Å². The van der Waals surface area contributed by atoms with E-state index in [9.17, 15) is 14.7 Å². The Balaban J connectivity index is 2.13. The van der Waals surface area contributed by atoms with Crippen molar-refractivity contribution in [1.29, 1.82) is 0 Å². The van der Waals surface area contributed by atoms with Gasteiger partial charge in [-0.3, -0.25) is 4.79 Å². The number of nitrogens with zero attached hydrogens (tertiary/aromatic N) is 1. The molecule has 0 bridgehead atoms. The fraction of sp³-hybridized carbons (Fsp3) is 0.312. The Morgan fingerprint density at radius 3 is 2.50 bits per heavy atom. The number of nitrogens with one attached hydrogen (secondary N) is 1. The van der Waals surface area contributed by atoms with E-state index in [-0.39, 0.29) is 6.42 Å². The van der Waals surface area contributed by atoms with E-state index in [2.05, 4.69) is 10.5 Å². The fourth-order valence-corrected chi connectivity index (χ4v) is 2.11. The van der Waals surface area contributed by atoms with E-state index >= 15 is 0 Å². The second kappa shape index (κ2) is 6.43. The van der Waals surface area contributed by atoms with Crippen LogP contribution in [0.1, 0.15) is 34.2 Å². The molecule has 0 aliphatic heterocycles. The monoisotopic (exact) mass is 302 g/mol. The molecule has 1 aromatic heterocycles. The van der Waals surface area contributed by atoms with Gasteiger partial charge in [0, 0.05) is 6.07 Å². The molecule has 6 nitrogen and oxygen atoms in total. The van der Waals surface area contributed by atoms with Crippen LogP contribution < -0.4 is 5.32 Å². The second-order valence-electron chi connectivity index (χ2n) is 5.29. The number of amides is 1. The standard InChI is InChI=1S/C16H18N2O4/c1-9-4-5-12(6-10(9)2)15(16(20)21)17-14(19)8-13-7-11(3)22-18-13/h4-7,15H,8H2,1-3H3,(H,17,19)(H,20,21). The van der Waals surface area contributed by atoms with Crippen LogP contribution in [0, 0.1) is 20.8 Å². The largest absolute Gasteiger partial charge is 0.479 e. The molecule has 0 aliphatic rings. The molecule has 1 amide bonds. The first-order chi connectivity index (χ1) is 10.4. The van der Waals surface area contributed by atoms with Crippen LogP contribution in [0.2, 0.25) is 0 Å². The van der Waals surface area contributed by atoms with Crippen molar-refractivity contribution in [2.45, 2.75) is 33.2 Å². The van der Waals surface area contributed by atoms with Gasteiger partial charge in [-0.25, -0.2) is 4.79 Å². The molecule has 116 valence electrons. The number of carbonyl (C=O) groups excluding carboxylic acids is 1. The summed E-state index contributed by atoms with van der Waals surface area (Å²) in [5, 5.41) is 15.6. The number of carboxylic acids is 1. The third kappa shape index (κ3) is 3.72. The molecule has 1 atom stereocenters. The molecule has 6 heteroatoms. The van der Waals surface area contributed by atoms with Crippen LogP contribution >= 0.6 is 0 Å². The SMILES string of the molecule is Cc1cc(CC(=O)NC(C(=O)O)c2ccc(C)c(C)c2)no1. The molecule has 2 rings (SSSR count). The normalized spacial score (nSPS) is 12.0. The Morgan fingerprint density at radius 2 is 1.95 bits per heavy atom. The van der Waals surface area contributed by atoms with Crippen molar-refractivity contribution in [3.05, 3.63) is 52.4 Å². The van der Waals surface area contributed by atoms with Gasteiger partial charge in [-0.15, -0.1) is 0 Å². The third-order valence-corrected chi connectivity index (χ3v) is 3.44. The molecule has 0 saturated carbocycles. The maximum atomic E-state index is 12.0.